The van der Waals surface area contributed by atoms with Crippen LogP contribution in [0, 0.1) is 17.8 Å². The molecule has 1 aromatic carbocycles. The summed E-state index contributed by atoms with van der Waals surface area (Å²) >= 11 is 0. The van der Waals surface area contributed by atoms with Gasteiger partial charge < -0.3 is 31.6 Å². The van der Waals surface area contributed by atoms with Crippen molar-refractivity contribution in [2.75, 3.05) is 14.1 Å². The van der Waals surface area contributed by atoms with Crippen molar-refractivity contribution in [1.29, 1.82) is 0 Å². The van der Waals surface area contributed by atoms with Crippen LogP contribution in [0.15, 0.2) is 35.1 Å². The standard InChI is InChI=1S/C23H20O7.C2H7N.CH4.2H2O.2H2/c1-10(25)16-15(26)9-14-8-13-7-12-5-4-11(3-2-6-24)20(27)17(12)22(29)18(13)23(30)19(14)21(16)28;1-3-2;;;;;/h2-6,13-14,19,27-29H,7-9H2,1H3;3H,1-2H3;1H4;2*1H2;2*1H/b3-2+;;;;;;. The maximum atomic E-state index is 13.3. The molecule has 3 aliphatic carbocycles. The van der Waals surface area contributed by atoms with E-state index in [1.165, 1.54) is 19.1 Å². The highest BCUT2D eigenvalue weighted by Crippen LogP contribution is 2.50. The normalized spacial score (nSPS) is 22.0. The van der Waals surface area contributed by atoms with Gasteiger partial charge in [-0.1, -0.05) is 19.6 Å². The molecular formula is C26H39NO9. The summed E-state index contributed by atoms with van der Waals surface area (Å²) in [6.07, 6.45) is 3.93. The fourth-order valence-corrected chi connectivity index (χ4v) is 5.02. The third-order valence-corrected chi connectivity index (χ3v) is 6.25. The van der Waals surface area contributed by atoms with E-state index in [9.17, 15) is 34.5 Å². The first-order valence-electron chi connectivity index (χ1n) is 10.7. The highest BCUT2D eigenvalue weighted by Gasteiger charge is 2.50. The van der Waals surface area contributed by atoms with E-state index in [-0.39, 0.29) is 61.8 Å². The number of fused-ring (bicyclic) bond motifs is 3. The van der Waals surface area contributed by atoms with Gasteiger partial charge in [0.25, 0.3) is 0 Å². The number of rotatable bonds is 3. The Bertz CT molecular complexity index is 1140. The molecule has 10 heteroatoms. The molecule has 0 radical (unpaired) electrons. The summed E-state index contributed by atoms with van der Waals surface area (Å²) in [6, 6.07) is 3.35. The Morgan fingerprint density at radius 1 is 1.11 bits per heavy atom. The van der Waals surface area contributed by atoms with Gasteiger partial charge in [-0.2, -0.15) is 0 Å². The number of hydrogen-bond acceptors (Lipinski definition) is 8. The van der Waals surface area contributed by atoms with Gasteiger partial charge >= 0.3 is 0 Å². The lowest BCUT2D eigenvalue weighted by Crippen LogP contribution is -2.43. The molecule has 0 heterocycles. The third-order valence-electron chi connectivity index (χ3n) is 6.25. The van der Waals surface area contributed by atoms with E-state index >= 15 is 0 Å². The zero-order valence-electron chi connectivity index (χ0n) is 19.7. The number of phenols is 1. The van der Waals surface area contributed by atoms with Crippen molar-refractivity contribution < 1.29 is 48.3 Å². The van der Waals surface area contributed by atoms with E-state index in [1.807, 2.05) is 14.1 Å². The number of ketones is 3. The predicted molar refractivity (Wildman–Crippen MR) is 140 cm³/mol. The van der Waals surface area contributed by atoms with Crippen LogP contribution in [-0.4, -0.2) is 64.0 Å². The summed E-state index contributed by atoms with van der Waals surface area (Å²) in [6.45, 7) is 1.17. The number of phenolic OH excluding ortho intramolecular Hbond substituents is 1. The smallest absolute Gasteiger partial charge is 0.173 e. The van der Waals surface area contributed by atoms with Gasteiger partial charge in [-0.15, -0.1) is 0 Å². The Morgan fingerprint density at radius 2 is 1.72 bits per heavy atom. The van der Waals surface area contributed by atoms with Gasteiger partial charge in [-0.25, -0.2) is 0 Å². The van der Waals surface area contributed by atoms with Crippen molar-refractivity contribution in [3.05, 3.63) is 51.8 Å². The highest BCUT2D eigenvalue weighted by molar-refractivity contribution is 6.21. The summed E-state index contributed by atoms with van der Waals surface area (Å²) in [7, 11) is 3.75. The molecule has 3 unspecified atom stereocenters. The third kappa shape index (κ3) is 5.46. The molecule has 202 valence electrons. The lowest BCUT2D eigenvalue weighted by atomic mass is 9.61. The van der Waals surface area contributed by atoms with Crippen molar-refractivity contribution in [1.82, 2.24) is 5.32 Å². The number of aldehydes is 1. The molecule has 0 aromatic heterocycles. The first-order valence-corrected chi connectivity index (χ1v) is 10.7. The zero-order chi connectivity index (χ0) is 24.4. The number of Topliss-reactive ketones (excluding diaryl/α,β-unsaturated/α-hetero) is 3. The van der Waals surface area contributed by atoms with Gasteiger partial charge in [0.15, 0.2) is 17.3 Å². The largest absolute Gasteiger partial charge is 0.511 e. The second-order valence-electron chi connectivity index (χ2n) is 8.48. The number of hydrogen-bond donors (Lipinski definition) is 4. The SMILES string of the molecule is C.CC(=O)C1=C(O)C2C(=O)C3=C(O)c4c(ccc(/C=C/C=O)c4O)CC3CC2CC1=O.CNC.O.O.[HH].[HH]. The molecule has 36 heavy (non-hydrogen) atoms. The fourth-order valence-electron chi connectivity index (χ4n) is 5.02. The van der Waals surface area contributed by atoms with Crippen molar-refractivity contribution >= 4 is 35.5 Å². The van der Waals surface area contributed by atoms with Crippen LogP contribution in [0.3, 0.4) is 0 Å². The predicted octanol–water partition coefficient (Wildman–Crippen LogP) is 1.94. The summed E-state index contributed by atoms with van der Waals surface area (Å²) in [4.78, 5) is 48.0. The van der Waals surface area contributed by atoms with Gasteiger partial charge in [0.2, 0.25) is 0 Å². The number of allylic oxidation sites excluding steroid dienone is 4. The molecule has 1 aromatic rings. The molecule has 0 amide bonds. The van der Waals surface area contributed by atoms with Crippen molar-refractivity contribution in [3.63, 3.8) is 0 Å². The van der Waals surface area contributed by atoms with Gasteiger partial charge in [-0.3, -0.25) is 19.2 Å². The van der Waals surface area contributed by atoms with Crippen molar-refractivity contribution in [3.8, 4) is 5.75 Å². The second kappa shape index (κ2) is 12.9. The minimum absolute atomic E-state index is 0. The molecule has 8 N–H and O–H groups in total. The van der Waals surface area contributed by atoms with Crippen LogP contribution in [0.25, 0.3) is 11.8 Å². The van der Waals surface area contributed by atoms with Crippen LogP contribution < -0.4 is 5.32 Å². The second-order valence-corrected chi connectivity index (χ2v) is 8.48. The van der Waals surface area contributed by atoms with Crippen LogP contribution >= 0.6 is 0 Å². The summed E-state index contributed by atoms with van der Waals surface area (Å²) in [5.74, 6) is -4.59. The molecule has 3 aliphatic rings. The van der Waals surface area contributed by atoms with E-state index in [2.05, 4.69) is 5.32 Å². The van der Waals surface area contributed by atoms with E-state index < -0.39 is 34.9 Å². The van der Waals surface area contributed by atoms with Gasteiger partial charge in [-0.05, 0) is 63.4 Å². The lowest BCUT2D eigenvalue weighted by Gasteiger charge is -2.41. The average molecular weight is 510 g/mol. The number of aliphatic hydroxyl groups excluding tert-OH is 2. The number of carbonyl (C=O) groups excluding carboxylic acids is 4. The Labute approximate surface area is 212 Å². The molecule has 4 rings (SSSR count). The van der Waals surface area contributed by atoms with E-state index in [0.29, 0.717) is 30.3 Å². The van der Waals surface area contributed by atoms with Crippen LogP contribution in [0.1, 0.15) is 46.7 Å². The number of carbonyl (C=O) groups is 4. The molecule has 10 nitrogen and oxygen atoms in total. The molecule has 1 saturated carbocycles. The summed E-state index contributed by atoms with van der Waals surface area (Å²) < 4.78 is 0. The minimum Gasteiger partial charge on any atom is -0.511 e. The maximum Gasteiger partial charge on any atom is 0.173 e. The molecule has 0 spiro atoms. The number of aromatic hydroxyl groups is 1. The van der Waals surface area contributed by atoms with Crippen molar-refractivity contribution in [2.24, 2.45) is 17.8 Å². The Hall–Kier alpha value is -3.60. The van der Waals surface area contributed by atoms with Gasteiger partial charge in [0, 0.05) is 20.4 Å². The first kappa shape index (κ1) is 32.4. The number of nitrogens with one attached hydrogen (secondary N) is 1. The highest BCUT2D eigenvalue weighted by atomic mass is 16.3. The topological polar surface area (TPSA) is 204 Å². The Morgan fingerprint density at radius 3 is 2.28 bits per heavy atom. The van der Waals surface area contributed by atoms with Crippen LogP contribution in [-0.2, 0) is 25.6 Å². The minimum atomic E-state index is -1.06. The summed E-state index contributed by atoms with van der Waals surface area (Å²) in [5.41, 5.74) is 0.850. The van der Waals surface area contributed by atoms with E-state index in [1.54, 1.807) is 12.1 Å². The maximum absolute atomic E-state index is 13.3. The monoisotopic (exact) mass is 509 g/mol. The molecule has 0 aliphatic heterocycles. The number of aliphatic hydroxyl groups is 2. The van der Waals surface area contributed by atoms with E-state index in [4.69, 9.17) is 0 Å². The van der Waals surface area contributed by atoms with Crippen molar-refractivity contribution in [2.45, 2.75) is 33.6 Å². The molecule has 0 bridgehead atoms. The molecule has 1 fully saturated rings. The Balaban J connectivity index is -0.00000146. The number of benzene rings is 1. The lowest BCUT2D eigenvalue weighted by molar-refractivity contribution is -0.127. The Kier molecular flexibility index (Phi) is 11.6. The molecule has 0 saturated heterocycles. The first-order chi connectivity index (χ1) is 15.7. The summed E-state index contributed by atoms with van der Waals surface area (Å²) in [5, 5.41) is 34.9. The zero-order valence-corrected chi connectivity index (χ0v) is 19.7. The molecular weight excluding hydrogens is 470 g/mol. The van der Waals surface area contributed by atoms with Crippen LogP contribution in [0.2, 0.25) is 0 Å². The molecule has 3 atom stereocenters. The van der Waals surface area contributed by atoms with Gasteiger partial charge in [0.1, 0.15) is 23.6 Å². The van der Waals surface area contributed by atoms with E-state index in [0.717, 1.165) is 0 Å². The van der Waals surface area contributed by atoms with Gasteiger partial charge in [0.05, 0.1) is 17.1 Å². The van der Waals surface area contributed by atoms with Crippen LogP contribution in [0.4, 0.5) is 0 Å². The average Bonchev–Trinajstić information content (AvgIpc) is 2.72. The quantitative estimate of drug-likeness (QED) is 0.268. The van der Waals surface area contributed by atoms with Crippen LogP contribution in [0.5, 0.6) is 5.75 Å². The fraction of sp³-hybridized carbons (Fsp3) is 0.385.